The molecule has 0 N–H and O–H groups in total. The second-order valence-electron chi connectivity index (χ2n) is 6.94. The van der Waals surface area contributed by atoms with Gasteiger partial charge in [0.1, 0.15) is 17.2 Å². The van der Waals surface area contributed by atoms with Crippen LogP contribution in [0.2, 0.25) is 0 Å². The highest BCUT2D eigenvalue weighted by Crippen LogP contribution is 2.72. The highest BCUT2D eigenvalue weighted by Gasteiger charge is 2.66. The highest BCUT2D eigenvalue weighted by atomic mass is 35.5. The molecule has 2 nitrogen and oxygen atoms in total. The Morgan fingerprint density at radius 3 is 2.33 bits per heavy atom. The predicted molar refractivity (Wildman–Crippen MR) is 80.7 cm³/mol. The molecule has 1 fully saturated rings. The molecule has 3 rings (SSSR count). The average Bonchev–Trinajstić information content (AvgIpc) is 2.66. The minimum absolute atomic E-state index is 0.0461. The normalized spacial score (nSPS) is 20.1. The fourth-order valence-corrected chi connectivity index (χ4v) is 3.69. The number of hydrogen-bond acceptors (Lipinski definition) is 1. The topological polar surface area (TPSA) is 17.8 Å². The van der Waals surface area contributed by atoms with Crippen molar-refractivity contribution in [2.45, 2.75) is 40.2 Å². The molecule has 0 unspecified atom stereocenters. The van der Waals surface area contributed by atoms with Gasteiger partial charge >= 0.3 is 0 Å². The van der Waals surface area contributed by atoms with Crippen LogP contribution in [0, 0.1) is 22.5 Å². The fourth-order valence-electron chi connectivity index (χ4n) is 3.52. The van der Waals surface area contributed by atoms with Gasteiger partial charge in [-0.05, 0) is 16.9 Å². The predicted octanol–water partition coefficient (Wildman–Crippen LogP) is 4.70. The summed E-state index contributed by atoms with van der Waals surface area (Å²) in [6, 6.07) is 2.41. The van der Waals surface area contributed by atoms with Gasteiger partial charge in [0.05, 0.1) is 5.52 Å². The maximum Gasteiger partial charge on any atom is 0.153 e. The van der Waals surface area contributed by atoms with Gasteiger partial charge in [-0.2, -0.15) is 0 Å². The van der Waals surface area contributed by atoms with E-state index in [4.69, 9.17) is 11.6 Å². The Hall–Kier alpha value is -1.16. The third kappa shape index (κ3) is 1.91. The zero-order valence-corrected chi connectivity index (χ0v) is 13.4. The van der Waals surface area contributed by atoms with Crippen LogP contribution in [-0.2, 0) is 6.42 Å². The lowest BCUT2D eigenvalue weighted by atomic mass is 10.0. The van der Waals surface area contributed by atoms with Gasteiger partial charge < -0.3 is 4.57 Å². The van der Waals surface area contributed by atoms with Crippen molar-refractivity contribution in [2.75, 3.05) is 5.88 Å². The Morgan fingerprint density at radius 2 is 1.81 bits per heavy atom. The van der Waals surface area contributed by atoms with Gasteiger partial charge in [0.15, 0.2) is 5.82 Å². The number of aryl methyl sites for hydroxylation is 1. The number of aromatic nitrogens is 2. The minimum Gasteiger partial charge on any atom is -0.324 e. The minimum atomic E-state index is -0.615. The van der Waals surface area contributed by atoms with Crippen molar-refractivity contribution in [3.63, 3.8) is 0 Å². The van der Waals surface area contributed by atoms with E-state index in [2.05, 4.69) is 32.7 Å². The molecule has 0 atom stereocenters. The zero-order valence-electron chi connectivity index (χ0n) is 12.7. The molecule has 0 spiro atoms. The summed E-state index contributed by atoms with van der Waals surface area (Å²) in [5.41, 5.74) is 0.848. The summed E-state index contributed by atoms with van der Waals surface area (Å²) in [5, 5.41) is 0. The van der Waals surface area contributed by atoms with Crippen LogP contribution < -0.4 is 0 Å². The SMILES string of the molecule is CC1(C)C(n2c(CCCl)nc3c(F)cc(F)cc32)C1(C)C. The van der Waals surface area contributed by atoms with Gasteiger partial charge in [-0.1, -0.05) is 27.7 Å². The van der Waals surface area contributed by atoms with Gasteiger partial charge in [-0.15, -0.1) is 11.6 Å². The average molecular weight is 313 g/mol. The lowest BCUT2D eigenvalue weighted by molar-refractivity contribution is 0.457. The maximum atomic E-state index is 14.0. The quantitative estimate of drug-likeness (QED) is 0.751. The first-order valence-corrected chi connectivity index (χ1v) is 7.67. The van der Waals surface area contributed by atoms with Crippen LogP contribution in [0.15, 0.2) is 12.1 Å². The van der Waals surface area contributed by atoms with E-state index in [-0.39, 0.29) is 22.4 Å². The number of fused-ring (bicyclic) bond motifs is 1. The molecule has 1 aliphatic carbocycles. The van der Waals surface area contributed by atoms with Crippen LogP contribution in [0.4, 0.5) is 8.78 Å². The lowest BCUT2D eigenvalue weighted by Crippen LogP contribution is -2.07. The van der Waals surface area contributed by atoms with Crippen LogP contribution in [-0.4, -0.2) is 15.4 Å². The number of halogens is 3. The van der Waals surface area contributed by atoms with E-state index in [1.54, 1.807) is 0 Å². The monoisotopic (exact) mass is 312 g/mol. The molecule has 1 aromatic heterocycles. The van der Waals surface area contributed by atoms with E-state index >= 15 is 0 Å². The Balaban J connectivity index is 2.28. The van der Waals surface area contributed by atoms with Gasteiger partial charge in [0.2, 0.25) is 0 Å². The van der Waals surface area contributed by atoms with Crippen molar-refractivity contribution >= 4 is 22.6 Å². The van der Waals surface area contributed by atoms with E-state index < -0.39 is 11.6 Å². The van der Waals surface area contributed by atoms with Gasteiger partial charge in [0.25, 0.3) is 0 Å². The Bertz CT molecular complexity index is 705. The van der Waals surface area contributed by atoms with Gasteiger partial charge in [-0.3, -0.25) is 0 Å². The molecule has 1 aliphatic rings. The first-order valence-electron chi connectivity index (χ1n) is 7.13. The first-order chi connectivity index (χ1) is 9.71. The molecular weight excluding hydrogens is 294 g/mol. The van der Waals surface area contributed by atoms with Crippen LogP contribution in [0.25, 0.3) is 11.0 Å². The summed E-state index contributed by atoms with van der Waals surface area (Å²) < 4.78 is 29.6. The lowest BCUT2D eigenvalue weighted by Gasteiger charge is -2.11. The molecule has 114 valence electrons. The Kier molecular flexibility index (Phi) is 3.11. The Morgan fingerprint density at radius 1 is 1.19 bits per heavy atom. The number of imidazole rings is 1. The molecule has 21 heavy (non-hydrogen) atoms. The van der Waals surface area contributed by atoms with Gasteiger partial charge in [-0.25, -0.2) is 13.8 Å². The molecule has 0 bridgehead atoms. The van der Waals surface area contributed by atoms with E-state index in [1.165, 1.54) is 6.07 Å². The van der Waals surface area contributed by atoms with Crippen molar-refractivity contribution in [1.29, 1.82) is 0 Å². The first kappa shape index (κ1) is 14.8. The summed E-state index contributed by atoms with van der Waals surface area (Å²) in [6.45, 7) is 8.68. The summed E-state index contributed by atoms with van der Waals surface area (Å²) in [4.78, 5) is 4.37. The molecule has 0 radical (unpaired) electrons. The van der Waals surface area contributed by atoms with Crippen molar-refractivity contribution in [3.05, 3.63) is 29.6 Å². The number of benzene rings is 1. The molecule has 0 amide bonds. The summed E-state index contributed by atoms with van der Waals surface area (Å²) >= 11 is 5.85. The third-order valence-electron chi connectivity index (χ3n) is 5.31. The van der Waals surface area contributed by atoms with Crippen molar-refractivity contribution in [2.24, 2.45) is 10.8 Å². The van der Waals surface area contributed by atoms with Crippen LogP contribution >= 0.6 is 11.6 Å². The van der Waals surface area contributed by atoms with Crippen LogP contribution in [0.5, 0.6) is 0 Å². The molecule has 0 saturated heterocycles. The smallest absolute Gasteiger partial charge is 0.153 e. The number of rotatable bonds is 3. The highest BCUT2D eigenvalue weighted by molar-refractivity contribution is 6.17. The van der Waals surface area contributed by atoms with Crippen molar-refractivity contribution in [1.82, 2.24) is 9.55 Å². The van der Waals surface area contributed by atoms with Crippen LogP contribution in [0.1, 0.15) is 39.6 Å². The molecule has 1 aromatic carbocycles. The van der Waals surface area contributed by atoms with E-state index in [0.717, 1.165) is 11.9 Å². The number of hydrogen-bond donors (Lipinski definition) is 0. The summed E-state index contributed by atoms with van der Waals surface area (Å²) in [5.74, 6) is -0.0557. The van der Waals surface area contributed by atoms with Gasteiger partial charge in [0, 0.05) is 24.4 Å². The van der Waals surface area contributed by atoms with E-state index in [1.807, 2.05) is 4.57 Å². The molecule has 0 aliphatic heterocycles. The molecular formula is C16H19ClF2N2. The largest absolute Gasteiger partial charge is 0.324 e. The van der Waals surface area contributed by atoms with Crippen LogP contribution in [0.3, 0.4) is 0 Å². The zero-order chi connectivity index (χ0) is 15.6. The standard InChI is InChI=1S/C16H19ClF2N2/c1-15(2)14(16(15,3)4)21-11-8-9(18)7-10(19)13(11)20-12(21)5-6-17/h7-8,14H,5-6H2,1-4H3. The summed E-state index contributed by atoms with van der Waals surface area (Å²) in [6.07, 6.45) is 0.542. The Labute approximate surface area is 128 Å². The maximum absolute atomic E-state index is 14.0. The fraction of sp³-hybridized carbons (Fsp3) is 0.562. The third-order valence-corrected chi connectivity index (χ3v) is 5.50. The van der Waals surface area contributed by atoms with E-state index in [9.17, 15) is 8.78 Å². The summed E-state index contributed by atoms with van der Waals surface area (Å²) in [7, 11) is 0. The second-order valence-corrected chi connectivity index (χ2v) is 7.32. The van der Waals surface area contributed by atoms with Crippen molar-refractivity contribution in [3.8, 4) is 0 Å². The van der Waals surface area contributed by atoms with E-state index in [0.29, 0.717) is 17.8 Å². The molecule has 5 heteroatoms. The second kappa shape index (κ2) is 4.42. The molecule has 2 aromatic rings. The van der Waals surface area contributed by atoms with Crippen molar-refractivity contribution < 1.29 is 8.78 Å². The molecule has 1 heterocycles. The number of nitrogens with zero attached hydrogens (tertiary/aromatic N) is 2. The molecule has 1 saturated carbocycles. The number of alkyl halides is 1.